The lowest BCUT2D eigenvalue weighted by Crippen LogP contribution is -2.58. The lowest BCUT2D eigenvalue weighted by Gasteiger charge is -2.39. The summed E-state index contributed by atoms with van der Waals surface area (Å²) in [5.41, 5.74) is -1.90. The Balaban J connectivity index is 1.82. The van der Waals surface area contributed by atoms with Gasteiger partial charge in [-0.1, -0.05) is 30.3 Å². The number of hydrogen-bond acceptors (Lipinski definition) is 8. The van der Waals surface area contributed by atoms with Gasteiger partial charge in [0.25, 0.3) is 0 Å². The minimum Gasteiger partial charge on any atom is -0.481 e. The van der Waals surface area contributed by atoms with Gasteiger partial charge in [0.05, 0.1) is 25.0 Å². The highest BCUT2D eigenvalue weighted by atomic mass is 16.6. The summed E-state index contributed by atoms with van der Waals surface area (Å²) in [6, 6.07) is 7.86. The molecule has 3 atom stereocenters. The Morgan fingerprint density at radius 2 is 1.94 bits per heavy atom. The Kier molecular flexibility index (Phi) is 6.82. The average molecular weight is 497 g/mol. The minimum atomic E-state index is -1.73. The van der Waals surface area contributed by atoms with Crippen LogP contribution in [0.3, 0.4) is 0 Å². The zero-order valence-electron chi connectivity index (χ0n) is 20.2. The van der Waals surface area contributed by atoms with E-state index < -0.39 is 41.1 Å². The molecule has 1 saturated heterocycles. The topological polar surface area (TPSA) is 137 Å². The number of rotatable bonds is 7. The van der Waals surface area contributed by atoms with Gasteiger partial charge in [-0.2, -0.15) is 0 Å². The fourth-order valence-corrected chi connectivity index (χ4v) is 4.46. The summed E-state index contributed by atoms with van der Waals surface area (Å²) in [6.45, 7) is 4.92. The molecule has 3 heterocycles. The second-order valence-corrected chi connectivity index (χ2v) is 9.68. The van der Waals surface area contributed by atoms with E-state index in [1.165, 1.54) is 18.7 Å². The van der Waals surface area contributed by atoms with E-state index in [0.29, 0.717) is 0 Å². The summed E-state index contributed by atoms with van der Waals surface area (Å²) in [7, 11) is 0. The van der Waals surface area contributed by atoms with Gasteiger partial charge in [0.2, 0.25) is 0 Å². The van der Waals surface area contributed by atoms with E-state index in [1.807, 2.05) is 6.07 Å². The summed E-state index contributed by atoms with van der Waals surface area (Å²) in [4.78, 5) is 49.1. The zero-order valence-corrected chi connectivity index (χ0v) is 20.2. The molecule has 190 valence electrons. The highest BCUT2D eigenvalue weighted by Crippen LogP contribution is 2.49. The Bertz CT molecular complexity index is 1190. The summed E-state index contributed by atoms with van der Waals surface area (Å²) in [6.07, 6.45) is 5.99. The number of likely N-dealkylation sites (tertiary alicyclic amines) is 1. The minimum absolute atomic E-state index is 0.0769. The van der Waals surface area contributed by atoms with E-state index in [2.05, 4.69) is 9.97 Å². The molecule has 11 heteroatoms. The Morgan fingerprint density at radius 1 is 1.19 bits per heavy atom. The number of imidazole rings is 1. The van der Waals surface area contributed by atoms with E-state index in [1.54, 1.807) is 55.8 Å². The van der Waals surface area contributed by atoms with Gasteiger partial charge in [-0.25, -0.2) is 19.6 Å². The number of carbonyl (C=O) groups is 3. The summed E-state index contributed by atoms with van der Waals surface area (Å²) in [5.74, 6) is -3.03. The highest BCUT2D eigenvalue weighted by Gasteiger charge is 2.63. The van der Waals surface area contributed by atoms with Crippen LogP contribution in [0, 0.1) is 5.92 Å². The molecule has 1 amide bonds. The van der Waals surface area contributed by atoms with Crippen LogP contribution in [-0.4, -0.2) is 53.7 Å². The zero-order chi connectivity index (χ0) is 25.9. The molecule has 0 unspecified atom stereocenters. The fourth-order valence-electron chi connectivity index (χ4n) is 4.46. The van der Waals surface area contributed by atoms with Crippen LogP contribution in [-0.2, 0) is 32.2 Å². The molecule has 3 aromatic rings. The molecule has 2 aromatic heterocycles. The first-order valence-corrected chi connectivity index (χ1v) is 11.4. The maximum Gasteiger partial charge on any atom is 0.411 e. The van der Waals surface area contributed by atoms with Crippen molar-refractivity contribution in [3.05, 3.63) is 73.0 Å². The molecule has 0 spiro atoms. The quantitative estimate of drug-likeness (QED) is 0.488. The number of carboxylic acid groups (broad SMARTS) is 1. The van der Waals surface area contributed by atoms with Crippen molar-refractivity contribution >= 4 is 18.0 Å². The molecule has 0 radical (unpaired) electrons. The number of benzene rings is 1. The number of carbonyl (C=O) groups excluding carboxylic acids is 2. The molecule has 4 rings (SSSR count). The monoisotopic (exact) mass is 496 g/mol. The van der Waals surface area contributed by atoms with Crippen molar-refractivity contribution in [1.82, 2.24) is 19.4 Å². The van der Waals surface area contributed by atoms with Crippen molar-refractivity contribution in [1.29, 1.82) is 0 Å². The van der Waals surface area contributed by atoms with E-state index in [4.69, 9.17) is 13.9 Å². The number of esters is 1. The fraction of sp³-hybridized carbons (Fsp3) is 0.400. The van der Waals surface area contributed by atoms with Gasteiger partial charge in [-0.3, -0.25) is 9.69 Å². The number of aromatic nitrogens is 3. The van der Waals surface area contributed by atoms with Crippen LogP contribution in [0.1, 0.15) is 44.6 Å². The molecule has 11 nitrogen and oxygen atoms in total. The van der Waals surface area contributed by atoms with Crippen molar-refractivity contribution < 1.29 is 33.4 Å². The van der Waals surface area contributed by atoms with Crippen molar-refractivity contribution in [3.63, 3.8) is 0 Å². The third kappa shape index (κ3) is 5.09. The first-order valence-electron chi connectivity index (χ1n) is 11.4. The van der Waals surface area contributed by atoms with E-state index in [9.17, 15) is 19.5 Å². The number of oxazole rings is 1. The van der Waals surface area contributed by atoms with Gasteiger partial charge in [0.15, 0.2) is 11.9 Å². The lowest BCUT2D eigenvalue weighted by molar-refractivity contribution is -0.169. The van der Waals surface area contributed by atoms with Crippen LogP contribution in [0.2, 0.25) is 0 Å². The molecule has 1 fully saturated rings. The van der Waals surface area contributed by atoms with Crippen LogP contribution in [0.4, 0.5) is 4.79 Å². The molecule has 1 aliphatic heterocycles. The highest BCUT2D eigenvalue weighted by molar-refractivity contribution is 5.89. The van der Waals surface area contributed by atoms with Crippen molar-refractivity contribution in [3.8, 4) is 0 Å². The van der Waals surface area contributed by atoms with E-state index >= 15 is 0 Å². The van der Waals surface area contributed by atoms with Gasteiger partial charge in [0.1, 0.15) is 24.0 Å². The van der Waals surface area contributed by atoms with Crippen molar-refractivity contribution in [2.24, 2.45) is 5.92 Å². The van der Waals surface area contributed by atoms with Crippen molar-refractivity contribution in [2.75, 3.05) is 0 Å². The molecule has 1 aromatic carbocycles. The predicted octanol–water partition coefficient (Wildman–Crippen LogP) is 3.44. The number of carboxylic acids is 1. The van der Waals surface area contributed by atoms with Crippen LogP contribution >= 0.6 is 0 Å². The summed E-state index contributed by atoms with van der Waals surface area (Å²) in [5, 5.41) is 10.2. The predicted molar refractivity (Wildman–Crippen MR) is 124 cm³/mol. The maximum absolute atomic E-state index is 13.8. The van der Waals surface area contributed by atoms with Gasteiger partial charge in [0, 0.05) is 12.4 Å². The number of nitrogens with zero attached hydrogens (tertiary/aromatic N) is 4. The van der Waals surface area contributed by atoms with Gasteiger partial charge >= 0.3 is 18.0 Å². The van der Waals surface area contributed by atoms with Gasteiger partial charge in [-0.15, -0.1) is 0 Å². The van der Waals surface area contributed by atoms with Crippen LogP contribution in [0.15, 0.2) is 66.1 Å². The number of amides is 1. The normalized spacial score (nSPS) is 21.8. The maximum atomic E-state index is 13.8. The molecule has 1 N–H and O–H groups in total. The molecular weight excluding hydrogens is 468 g/mol. The third-order valence-electron chi connectivity index (χ3n) is 5.92. The SMILES string of the molecule is CC(C)(C)OC(=O)[C@@]1(Cn2ccnc2)C[C@@H](C(=O)O)[C@@H](c2cnco2)N1C(=O)OCc1ccccc1. The average Bonchev–Trinajstić information content (AvgIpc) is 3.58. The molecule has 1 aliphatic rings. The smallest absolute Gasteiger partial charge is 0.411 e. The first-order chi connectivity index (χ1) is 17.1. The third-order valence-corrected chi connectivity index (χ3v) is 5.92. The lowest BCUT2D eigenvalue weighted by atomic mass is 9.90. The van der Waals surface area contributed by atoms with Crippen LogP contribution in [0.25, 0.3) is 0 Å². The van der Waals surface area contributed by atoms with Crippen LogP contribution in [0.5, 0.6) is 0 Å². The molecule has 0 bridgehead atoms. The summed E-state index contributed by atoms with van der Waals surface area (Å²) >= 11 is 0. The Hall–Kier alpha value is -4.15. The Morgan fingerprint density at radius 3 is 2.53 bits per heavy atom. The summed E-state index contributed by atoms with van der Waals surface area (Å²) < 4.78 is 18.4. The molecular formula is C25H28N4O7. The van der Waals surface area contributed by atoms with E-state index in [-0.39, 0.29) is 25.3 Å². The first kappa shape index (κ1) is 25.0. The standard InChI is InChI=1S/C25H28N4O7/c1-24(2,3)36-22(32)25(14-28-10-9-26-15-28)11-18(21(30)31)20(19-12-27-16-35-19)29(25)23(33)34-13-17-7-5-4-6-8-17/h4-10,12,15-16,18,20H,11,13-14H2,1-3H3,(H,30,31)/t18-,20+,25+/m1/s1. The Labute approximate surface area is 207 Å². The molecule has 0 aliphatic carbocycles. The number of ether oxygens (including phenoxy) is 2. The second-order valence-electron chi connectivity index (χ2n) is 9.68. The molecule has 0 saturated carbocycles. The van der Waals surface area contributed by atoms with Gasteiger partial charge < -0.3 is 23.6 Å². The van der Waals surface area contributed by atoms with Crippen molar-refractivity contribution in [2.45, 2.75) is 57.5 Å². The largest absolute Gasteiger partial charge is 0.481 e. The number of aliphatic carboxylic acids is 1. The van der Waals surface area contributed by atoms with Crippen LogP contribution < -0.4 is 0 Å². The number of hydrogen-bond donors (Lipinski definition) is 1. The second kappa shape index (κ2) is 9.84. The van der Waals surface area contributed by atoms with E-state index in [0.717, 1.165) is 16.9 Å². The van der Waals surface area contributed by atoms with Gasteiger partial charge in [-0.05, 0) is 32.8 Å². The molecule has 36 heavy (non-hydrogen) atoms.